The second-order valence-electron chi connectivity index (χ2n) is 3.00. The molecule has 0 bridgehead atoms. The molecule has 0 aliphatic rings. The quantitative estimate of drug-likeness (QED) is 0.845. The van der Waals surface area contributed by atoms with Crippen LogP contribution in [0.4, 0.5) is 5.69 Å². The molecule has 0 unspecified atom stereocenters. The van der Waals surface area contributed by atoms with Crippen LogP contribution in [0.1, 0.15) is 6.92 Å². The average molecular weight is 288 g/mol. The summed E-state index contributed by atoms with van der Waals surface area (Å²) in [6.45, 7) is 2.60. The summed E-state index contributed by atoms with van der Waals surface area (Å²) in [6.07, 6.45) is 0. The molecule has 1 aromatic rings. The number of hydrogen-bond acceptors (Lipinski definition) is 4. The minimum atomic E-state index is -0.314. The summed E-state index contributed by atoms with van der Waals surface area (Å²) < 4.78 is 10.9. The van der Waals surface area contributed by atoms with E-state index in [4.69, 9.17) is 4.74 Å². The maximum absolute atomic E-state index is 11.0. The van der Waals surface area contributed by atoms with E-state index in [1.807, 2.05) is 25.1 Å². The molecule has 1 rings (SSSR count). The Morgan fingerprint density at radius 1 is 1.50 bits per heavy atom. The molecular formula is C11H14BrNO3. The van der Waals surface area contributed by atoms with E-state index in [1.54, 1.807) is 0 Å². The molecule has 0 aliphatic carbocycles. The molecule has 0 fully saturated rings. The lowest BCUT2D eigenvalue weighted by molar-refractivity contribution is -0.138. The van der Waals surface area contributed by atoms with Gasteiger partial charge in [0, 0.05) is 4.47 Å². The highest BCUT2D eigenvalue weighted by atomic mass is 79.9. The maximum Gasteiger partial charge on any atom is 0.325 e. The van der Waals surface area contributed by atoms with Crippen molar-refractivity contribution in [2.45, 2.75) is 6.92 Å². The molecular weight excluding hydrogens is 274 g/mol. The van der Waals surface area contributed by atoms with E-state index in [2.05, 4.69) is 26.0 Å². The molecule has 1 aromatic carbocycles. The van der Waals surface area contributed by atoms with E-state index in [9.17, 15) is 4.79 Å². The van der Waals surface area contributed by atoms with Crippen LogP contribution in [0.15, 0.2) is 22.7 Å². The lowest BCUT2D eigenvalue weighted by Crippen LogP contribution is -2.15. The highest BCUT2D eigenvalue weighted by Crippen LogP contribution is 2.28. The van der Waals surface area contributed by atoms with Crippen molar-refractivity contribution in [3.63, 3.8) is 0 Å². The molecule has 0 aromatic heterocycles. The largest absolute Gasteiger partial charge is 0.492 e. The van der Waals surface area contributed by atoms with Gasteiger partial charge < -0.3 is 14.8 Å². The van der Waals surface area contributed by atoms with Crippen LogP contribution in [0, 0.1) is 0 Å². The highest BCUT2D eigenvalue weighted by Gasteiger charge is 2.06. The summed E-state index contributed by atoms with van der Waals surface area (Å²) in [7, 11) is 1.36. The van der Waals surface area contributed by atoms with Gasteiger partial charge >= 0.3 is 5.97 Å². The minimum Gasteiger partial charge on any atom is -0.492 e. The molecule has 0 aliphatic heterocycles. The van der Waals surface area contributed by atoms with E-state index in [0.717, 1.165) is 10.2 Å². The molecule has 0 radical (unpaired) electrons. The molecule has 1 N–H and O–H groups in total. The van der Waals surface area contributed by atoms with Crippen molar-refractivity contribution in [3.8, 4) is 5.75 Å². The second-order valence-corrected chi connectivity index (χ2v) is 3.92. The first kappa shape index (κ1) is 12.8. The normalized spacial score (nSPS) is 9.69. The number of nitrogens with one attached hydrogen (secondary N) is 1. The van der Waals surface area contributed by atoms with E-state index in [-0.39, 0.29) is 12.5 Å². The Balaban J connectivity index is 2.73. The number of carbonyl (C=O) groups is 1. The molecule has 0 atom stereocenters. The number of carbonyl (C=O) groups excluding carboxylic acids is 1. The predicted molar refractivity (Wildman–Crippen MR) is 65.8 cm³/mol. The molecule has 0 saturated carbocycles. The maximum atomic E-state index is 11.0. The molecule has 0 spiro atoms. The Bertz CT molecular complexity index is 368. The predicted octanol–water partition coefficient (Wildman–Crippen LogP) is 2.43. The Morgan fingerprint density at radius 3 is 2.88 bits per heavy atom. The van der Waals surface area contributed by atoms with Crippen LogP contribution in [0.25, 0.3) is 0 Å². The highest BCUT2D eigenvalue weighted by molar-refractivity contribution is 9.10. The Hall–Kier alpha value is -1.23. The topological polar surface area (TPSA) is 47.6 Å². The van der Waals surface area contributed by atoms with Crippen LogP contribution in [0.3, 0.4) is 0 Å². The minimum absolute atomic E-state index is 0.123. The zero-order valence-corrected chi connectivity index (χ0v) is 10.8. The fourth-order valence-electron chi connectivity index (χ4n) is 1.16. The number of esters is 1. The van der Waals surface area contributed by atoms with E-state index < -0.39 is 0 Å². The third-order valence-electron chi connectivity index (χ3n) is 1.89. The molecule has 0 amide bonds. The zero-order chi connectivity index (χ0) is 12.0. The van der Waals surface area contributed by atoms with Crippen LogP contribution in [0.2, 0.25) is 0 Å². The number of halogens is 1. The van der Waals surface area contributed by atoms with Gasteiger partial charge in [-0.05, 0) is 25.1 Å². The van der Waals surface area contributed by atoms with Gasteiger partial charge in [-0.25, -0.2) is 0 Å². The van der Waals surface area contributed by atoms with E-state index >= 15 is 0 Å². The molecule has 0 saturated heterocycles. The van der Waals surface area contributed by atoms with Gasteiger partial charge in [-0.15, -0.1) is 0 Å². The Kier molecular flexibility index (Phi) is 5.11. The fourth-order valence-corrected chi connectivity index (χ4v) is 1.50. The van der Waals surface area contributed by atoms with Gasteiger partial charge in [0.2, 0.25) is 0 Å². The number of methoxy groups -OCH3 is 1. The van der Waals surface area contributed by atoms with Crippen molar-refractivity contribution in [3.05, 3.63) is 22.7 Å². The van der Waals surface area contributed by atoms with Gasteiger partial charge in [0.25, 0.3) is 0 Å². The number of anilines is 1. The smallest absolute Gasteiger partial charge is 0.325 e. The summed E-state index contributed by atoms with van der Waals surface area (Å²) >= 11 is 3.36. The lowest BCUT2D eigenvalue weighted by atomic mass is 10.3. The van der Waals surface area contributed by atoms with Crippen molar-refractivity contribution >= 4 is 27.6 Å². The van der Waals surface area contributed by atoms with Crippen molar-refractivity contribution in [1.29, 1.82) is 0 Å². The van der Waals surface area contributed by atoms with Crippen molar-refractivity contribution in [2.24, 2.45) is 0 Å². The van der Waals surface area contributed by atoms with Gasteiger partial charge in [-0.2, -0.15) is 0 Å². The van der Waals surface area contributed by atoms with Gasteiger partial charge in [0.1, 0.15) is 12.3 Å². The Labute approximate surface area is 103 Å². The number of hydrogen-bond donors (Lipinski definition) is 1. The standard InChI is InChI=1S/C11H14BrNO3/c1-3-16-10-6-8(12)4-5-9(10)13-7-11(14)15-2/h4-6,13H,3,7H2,1-2H3. The van der Waals surface area contributed by atoms with Crippen LogP contribution in [-0.4, -0.2) is 26.2 Å². The second kappa shape index (κ2) is 6.37. The van der Waals surface area contributed by atoms with Gasteiger partial charge in [0.05, 0.1) is 19.4 Å². The summed E-state index contributed by atoms with van der Waals surface area (Å²) in [6, 6.07) is 5.57. The van der Waals surface area contributed by atoms with Crippen LogP contribution >= 0.6 is 15.9 Å². The van der Waals surface area contributed by atoms with Crippen LogP contribution in [-0.2, 0) is 9.53 Å². The van der Waals surface area contributed by atoms with Crippen LogP contribution < -0.4 is 10.1 Å². The van der Waals surface area contributed by atoms with E-state index in [0.29, 0.717) is 12.4 Å². The van der Waals surface area contributed by atoms with Crippen LogP contribution in [0.5, 0.6) is 5.75 Å². The summed E-state index contributed by atoms with van der Waals surface area (Å²) in [5.41, 5.74) is 0.774. The summed E-state index contributed by atoms with van der Waals surface area (Å²) in [4.78, 5) is 11.0. The number of ether oxygens (including phenoxy) is 2. The SMILES string of the molecule is CCOc1cc(Br)ccc1NCC(=O)OC. The van der Waals surface area contributed by atoms with Crippen molar-refractivity contribution in [1.82, 2.24) is 0 Å². The van der Waals surface area contributed by atoms with E-state index in [1.165, 1.54) is 7.11 Å². The number of rotatable bonds is 5. The van der Waals surface area contributed by atoms with Crippen molar-refractivity contribution in [2.75, 3.05) is 25.6 Å². The molecule has 5 heteroatoms. The molecule has 16 heavy (non-hydrogen) atoms. The first-order valence-corrected chi connectivity index (χ1v) is 5.69. The molecule has 88 valence electrons. The summed E-state index contributed by atoms with van der Waals surface area (Å²) in [5.74, 6) is 0.395. The molecule has 4 nitrogen and oxygen atoms in total. The van der Waals surface area contributed by atoms with Crippen molar-refractivity contribution < 1.29 is 14.3 Å². The third-order valence-corrected chi connectivity index (χ3v) is 2.39. The zero-order valence-electron chi connectivity index (χ0n) is 9.25. The first-order chi connectivity index (χ1) is 7.67. The van der Waals surface area contributed by atoms with Gasteiger partial charge in [0.15, 0.2) is 0 Å². The molecule has 0 heterocycles. The fraction of sp³-hybridized carbons (Fsp3) is 0.364. The van der Waals surface area contributed by atoms with Gasteiger partial charge in [-0.3, -0.25) is 4.79 Å². The monoisotopic (exact) mass is 287 g/mol. The third kappa shape index (κ3) is 3.73. The average Bonchev–Trinajstić information content (AvgIpc) is 2.28. The Morgan fingerprint density at radius 2 is 2.25 bits per heavy atom. The summed E-state index contributed by atoms with van der Waals surface area (Å²) in [5, 5.41) is 2.96. The lowest BCUT2D eigenvalue weighted by Gasteiger charge is -2.11. The number of benzene rings is 1. The van der Waals surface area contributed by atoms with Gasteiger partial charge in [-0.1, -0.05) is 15.9 Å². The first-order valence-electron chi connectivity index (χ1n) is 4.90.